The van der Waals surface area contributed by atoms with E-state index in [1.54, 1.807) is 0 Å². The molecule has 0 aliphatic heterocycles. The fourth-order valence-corrected chi connectivity index (χ4v) is 5.37. The van der Waals surface area contributed by atoms with Crippen LogP contribution in [0, 0.1) is 34.5 Å². The van der Waals surface area contributed by atoms with E-state index in [4.69, 9.17) is 0 Å². The Bertz CT molecular complexity index is 405. The molecule has 0 radical (unpaired) electrons. The van der Waals surface area contributed by atoms with Gasteiger partial charge in [0.05, 0.1) is 17.6 Å². The molecular weight excluding hydrogens is 228 g/mol. The standard InChI is InChI=1S/C15H24O3/c1-7(2)8-5-10(16)14(3)9-6-11(17)15(14,4)13(18)12(8)9/h7-12,16-17H,5-6H2,1-4H3/t8-,9-,10+,11-,12-,14-,15-/m0/s1. The van der Waals surface area contributed by atoms with Crippen molar-refractivity contribution >= 4 is 5.78 Å². The van der Waals surface area contributed by atoms with Crippen molar-refractivity contribution < 1.29 is 15.0 Å². The maximum absolute atomic E-state index is 12.8. The fraction of sp³-hybridized carbons (Fsp3) is 0.933. The van der Waals surface area contributed by atoms with E-state index >= 15 is 0 Å². The summed E-state index contributed by atoms with van der Waals surface area (Å²) in [7, 11) is 0. The van der Waals surface area contributed by atoms with Crippen molar-refractivity contribution in [1.82, 2.24) is 0 Å². The monoisotopic (exact) mass is 252 g/mol. The molecule has 0 amide bonds. The molecule has 3 heteroatoms. The molecule has 3 saturated carbocycles. The second-order valence-corrected chi connectivity index (χ2v) is 7.39. The number of Topliss-reactive ketones (excluding diaryl/α,β-unsaturated/α-hetero) is 1. The molecule has 3 aliphatic carbocycles. The van der Waals surface area contributed by atoms with Gasteiger partial charge < -0.3 is 10.2 Å². The molecule has 0 aromatic heterocycles. The first-order chi connectivity index (χ1) is 8.26. The zero-order valence-electron chi connectivity index (χ0n) is 11.7. The van der Waals surface area contributed by atoms with Crippen LogP contribution in [0.1, 0.15) is 40.5 Å². The molecule has 3 rings (SSSR count). The predicted octanol–water partition coefficient (Wildman–Crippen LogP) is 1.62. The lowest BCUT2D eigenvalue weighted by atomic mass is 9.60. The molecule has 102 valence electrons. The zero-order chi connectivity index (χ0) is 13.5. The molecule has 0 saturated heterocycles. The van der Waals surface area contributed by atoms with E-state index in [0.717, 1.165) is 0 Å². The second kappa shape index (κ2) is 3.37. The Morgan fingerprint density at radius 3 is 2.33 bits per heavy atom. The van der Waals surface area contributed by atoms with Crippen LogP contribution in [-0.2, 0) is 4.79 Å². The van der Waals surface area contributed by atoms with Crippen molar-refractivity contribution in [2.75, 3.05) is 0 Å². The fourth-order valence-electron chi connectivity index (χ4n) is 5.37. The topological polar surface area (TPSA) is 57.5 Å². The number of rotatable bonds is 1. The average Bonchev–Trinajstić information content (AvgIpc) is 2.56. The number of hydrogen-bond donors (Lipinski definition) is 2. The Labute approximate surface area is 109 Å². The van der Waals surface area contributed by atoms with Crippen molar-refractivity contribution in [3.05, 3.63) is 0 Å². The summed E-state index contributed by atoms with van der Waals surface area (Å²) in [4.78, 5) is 12.8. The highest BCUT2D eigenvalue weighted by Gasteiger charge is 2.77. The first-order valence-corrected chi connectivity index (χ1v) is 7.16. The zero-order valence-corrected chi connectivity index (χ0v) is 11.7. The highest BCUT2D eigenvalue weighted by atomic mass is 16.3. The molecule has 2 N–H and O–H groups in total. The van der Waals surface area contributed by atoms with Gasteiger partial charge in [0, 0.05) is 11.3 Å². The molecule has 0 heterocycles. The van der Waals surface area contributed by atoms with Crippen molar-refractivity contribution in [3.8, 4) is 0 Å². The SMILES string of the molecule is CC(C)[C@@H]1C[C@@H](O)[C@]2(C)[C@H]3C[C@H](O)[C@@]2(C)C(=O)[C@@H]13. The van der Waals surface area contributed by atoms with Gasteiger partial charge in [0.1, 0.15) is 5.78 Å². The largest absolute Gasteiger partial charge is 0.393 e. The molecule has 3 nitrogen and oxygen atoms in total. The van der Waals surface area contributed by atoms with E-state index in [2.05, 4.69) is 13.8 Å². The summed E-state index contributed by atoms with van der Waals surface area (Å²) in [6.45, 7) is 8.18. The number of aliphatic hydroxyl groups excluding tert-OH is 2. The maximum atomic E-state index is 12.8. The van der Waals surface area contributed by atoms with Crippen molar-refractivity contribution in [2.45, 2.75) is 52.7 Å². The lowest BCUT2D eigenvalue weighted by Crippen LogP contribution is -2.49. The molecule has 3 aliphatic rings. The van der Waals surface area contributed by atoms with E-state index in [0.29, 0.717) is 18.8 Å². The van der Waals surface area contributed by atoms with E-state index in [-0.39, 0.29) is 23.5 Å². The molecule has 0 spiro atoms. The van der Waals surface area contributed by atoms with Gasteiger partial charge in [0.15, 0.2) is 0 Å². The molecule has 3 fully saturated rings. The third-order valence-corrected chi connectivity index (χ3v) is 6.79. The molecule has 0 unspecified atom stereocenters. The Kier molecular flexibility index (Phi) is 2.36. The average molecular weight is 252 g/mol. The summed E-state index contributed by atoms with van der Waals surface area (Å²) in [5.74, 6) is 1.13. The predicted molar refractivity (Wildman–Crippen MR) is 67.8 cm³/mol. The van der Waals surface area contributed by atoms with Crippen LogP contribution >= 0.6 is 0 Å². The van der Waals surface area contributed by atoms with Gasteiger partial charge in [-0.15, -0.1) is 0 Å². The highest BCUT2D eigenvalue weighted by Crippen LogP contribution is 2.72. The van der Waals surface area contributed by atoms with Crippen LogP contribution in [0.5, 0.6) is 0 Å². The lowest BCUT2D eigenvalue weighted by molar-refractivity contribution is -0.141. The van der Waals surface area contributed by atoms with E-state index in [1.165, 1.54) is 0 Å². The number of carbonyl (C=O) groups excluding carboxylic acids is 1. The number of carbonyl (C=O) groups is 1. The van der Waals surface area contributed by atoms with Gasteiger partial charge in [-0.05, 0) is 37.5 Å². The minimum absolute atomic E-state index is 0.0619. The molecule has 4 bridgehead atoms. The van der Waals surface area contributed by atoms with Crippen molar-refractivity contribution in [2.24, 2.45) is 34.5 Å². The van der Waals surface area contributed by atoms with Gasteiger partial charge in [-0.2, -0.15) is 0 Å². The molecule has 0 aromatic rings. The quantitative estimate of drug-likeness (QED) is 0.745. The molecule has 18 heavy (non-hydrogen) atoms. The molecular formula is C15H24O3. The molecule has 0 aromatic carbocycles. The summed E-state index contributed by atoms with van der Waals surface area (Å²) in [5, 5.41) is 20.9. The summed E-state index contributed by atoms with van der Waals surface area (Å²) >= 11 is 0. The third-order valence-electron chi connectivity index (χ3n) is 6.79. The lowest BCUT2D eigenvalue weighted by Gasteiger charge is -2.46. The Morgan fingerprint density at radius 1 is 1.17 bits per heavy atom. The second-order valence-electron chi connectivity index (χ2n) is 7.39. The van der Waals surface area contributed by atoms with E-state index in [1.807, 2.05) is 13.8 Å². The number of ketones is 1. The van der Waals surface area contributed by atoms with Gasteiger partial charge in [-0.25, -0.2) is 0 Å². The van der Waals surface area contributed by atoms with E-state index in [9.17, 15) is 15.0 Å². The van der Waals surface area contributed by atoms with Crippen LogP contribution in [-0.4, -0.2) is 28.2 Å². The first kappa shape index (κ1) is 12.6. The summed E-state index contributed by atoms with van der Waals surface area (Å²) in [6, 6.07) is 0. The van der Waals surface area contributed by atoms with Crippen LogP contribution < -0.4 is 0 Å². The van der Waals surface area contributed by atoms with Gasteiger partial charge in [0.2, 0.25) is 0 Å². The van der Waals surface area contributed by atoms with Crippen molar-refractivity contribution in [3.63, 3.8) is 0 Å². The normalized spacial score (nSPS) is 58.6. The highest BCUT2D eigenvalue weighted by molar-refractivity contribution is 5.93. The van der Waals surface area contributed by atoms with E-state index < -0.39 is 23.0 Å². The smallest absolute Gasteiger partial charge is 0.145 e. The summed E-state index contributed by atoms with van der Waals surface area (Å²) in [5.41, 5.74) is -1.15. The summed E-state index contributed by atoms with van der Waals surface area (Å²) < 4.78 is 0. The van der Waals surface area contributed by atoms with Crippen LogP contribution in [0.25, 0.3) is 0 Å². The van der Waals surface area contributed by atoms with Crippen LogP contribution in [0.3, 0.4) is 0 Å². The minimum Gasteiger partial charge on any atom is -0.393 e. The number of aliphatic hydroxyl groups is 2. The van der Waals surface area contributed by atoms with Gasteiger partial charge in [0.25, 0.3) is 0 Å². The van der Waals surface area contributed by atoms with Crippen LogP contribution in [0.15, 0.2) is 0 Å². The maximum Gasteiger partial charge on any atom is 0.145 e. The Balaban J connectivity index is 2.13. The Hall–Kier alpha value is -0.410. The van der Waals surface area contributed by atoms with Crippen LogP contribution in [0.4, 0.5) is 0 Å². The minimum atomic E-state index is -0.731. The third kappa shape index (κ3) is 1.04. The van der Waals surface area contributed by atoms with Crippen molar-refractivity contribution in [1.29, 1.82) is 0 Å². The molecule has 7 atom stereocenters. The number of hydrogen-bond acceptors (Lipinski definition) is 3. The van der Waals surface area contributed by atoms with Gasteiger partial charge in [-0.1, -0.05) is 20.8 Å². The van der Waals surface area contributed by atoms with Crippen LogP contribution in [0.2, 0.25) is 0 Å². The summed E-state index contributed by atoms with van der Waals surface area (Å²) in [6.07, 6.45) is 0.365. The first-order valence-electron chi connectivity index (χ1n) is 7.16. The van der Waals surface area contributed by atoms with Gasteiger partial charge in [-0.3, -0.25) is 4.79 Å². The Morgan fingerprint density at radius 2 is 1.78 bits per heavy atom. The van der Waals surface area contributed by atoms with Gasteiger partial charge >= 0.3 is 0 Å².